The van der Waals surface area contributed by atoms with E-state index in [1.807, 2.05) is 29.0 Å². The van der Waals surface area contributed by atoms with Crippen molar-refractivity contribution in [3.63, 3.8) is 0 Å². The van der Waals surface area contributed by atoms with E-state index in [4.69, 9.17) is 15.2 Å². The smallest absolute Gasteiger partial charge is 0.250 e. The number of rotatable bonds is 7. The summed E-state index contributed by atoms with van der Waals surface area (Å²) in [6.07, 6.45) is 8.19. The molecule has 2 heterocycles. The van der Waals surface area contributed by atoms with Crippen molar-refractivity contribution >= 4 is 47.0 Å². The molecule has 0 bridgehead atoms. The van der Waals surface area contributed by atoms with Crippen molar-refractivity contribution in [3.8, 4) is 5.75 Å². The number of amidine groups is 1. The summed E-state index contributed by atoms with van der Waals surface area (Å²) in [6.45, 7) is 18.1. The molecule has 1 unspecified atom stereocenters. The number of benzene rings is 1. The highest BCUT2D eigenvalue weighted by Gasteiger charge is 2.39. The molecule has 0 aliphatic heterocycles. The van der Waals surface area contributed by atoms with Gasteiger partial charge in [-0.2, -0.15) is 5.10 Å². The molecule has 3 N–H and O–H groups in total. The van der Waals surface area contributed by atoms with Gasteiger partial charge in [0.05, 0.1) is 28.7 Å². The number of aryl methyl sites for hydroxylation is 1. The molecule has 2 aromatic heterocycles. The van der Waals surface area contributed by atoms with Crippen LogP contribution in [0.15, 0.2) is 46.1 Å². The Balaban J connectivity index is 1.73. The summed E-state index contributed by atoms with van der Waals surface area (Å²) in [5, 5.41) is 8.61. The molecular weight excluding hydrogens is 542 g/mol. The van der Waals surface area contributed by atoms with E-state index in [-0.39, 0.29) is 10.5 Å². The number of aromatic nitrogens is 2. The van der Waals surface area contributed by atoms with Gasteiger partial charge in [0.1, 0.15) is 11.6 Å². The number of fused-ring (bicyclic) bond motifs is 1. The molecule has 3 aromatic rings. The molecule has 0 radical (unpaired) electrons. The summed E-state index contributed by atoms with van der Waals surface area (Å²) < 4.78 is 9.41. The zero-order chi connectivity index (χ0) is 27.2. The van der Waals surface area contributed by atoms with Gasteiger partial charge in [0.15, 0.2) is 0 Å². The van der Waals surface area contributed by atoms with E-state index >= 15 is 0 Å². The van der Waals surface area contributed by atoms with E-state index in [1.165, 1.54) is 12.8 Å². The first kappa shape index (κ1) is 27.7. The Morgan fingerprint density at radius 3 is 2.65 bits per heavy atom. The van der Waals surface area contributed by atoms with Crippen molar-refractivity contribution in [3.05, 3.63) is 52.3 Å². The number of nitrogens with one attached hydrogen (secondary N) is 1. The lowest BCUT2D eigenvalue weighted by Gasteiger charge is -2.36. The molecule has 0 spiro atoms. The minimum Gasteiger partial charge on any atom is -0.543 e. The molecule has 6 nitrogen and oxygen atoms in total. The first-order valence-corrected chi connectivity index (χ1v) is 17.0. The number of anilines is 1. The van der Waals surface area contributed by atoms with Crippen LogP contribution in [0.1, 0.15) is 71.9 Å². The average Bonchev–Trinajstić information content (AvgIpc) is 3.34. The predicted octanol–water partition coefficient (Wildman–Crippen LogP) is 8.07. The number of nitrogens with two attached hydrogens (primary N) is 1. The zero-order valence-electron chi connectivity index (χ0n) is 23.6. The number of nitrogens with zero attached hydrogens (tertiary/aromatic N) is 3. The molecule has 200 valence electrons. The van der Waals surface area contributed by atoms with Gasteiger partial charge < -0.3 is 15.5 Å². The fourth-order valence-electron chi connectivity index (χ4n) is 4.79. The molecule has 0 amide bonds. The fourth-order valence-corrected chi connectivity index (χ4v) is 6.23. The van der Waals surface area contributed by atoms with Crippen LogP contribution in [0.2, 0.25) is 18.1 Å². The van der Waals surface area contributed by atoms with Crippen molar-refractivity contribution in [2.24, 2.45) is 16.1 Å². The summed E-state index contributed by atoms with van der Waals surface area (Å²) in [5.41, 5.74) is 11.7. The van der Waals surface area contributed by atoms with Crippen LogP contribution in [0.3, 0.4) is 0 Å². The third-order valence-electron chi connectivity index (χ3n) is 8.31. The standard InChI is InChI=1S/C29H42BrN5OSi/c1-9-19-15-21(36-37(7,8)28(2,3)4)12-13-23(19)33-27(31)22-17-32-35-18-20(30)16-24(35)26(22)34-25-11-10-14-29(25,5)6/h12-13,15-18,25,34H,9-11,14H2,1-8H3,(H2,31,33). The van der Waals surface area contributed by atoms with Crippen LogP contribution in [-0.2, 0) is 6.42 Å². The van der Waals surface area contributed by atoms with E-state index in [2.05, 4.69) is 93.1 Å². The van der Waals surface area contributed by atoms with Gasteiger partial charge in [-0.15, -0.1) is 0 Å². The highest BCUT2D eigenvalue weighted by atomic mass is 79.9. The first-order valence-electron chi connectivity index (χ1n) is 13.3. The van der Waals surface area contributed by atoms with Gasteiger partial charge in [0.25, 0.3) is 0 Å². The van der Waals surface area contributed by atoms with Crippen molar-refractivity contribution in [1.82, 2.24) is 9.61 Å². The molecule has 1 aromatic carbocycles. The van der Waals surface area contributed by atoms with E-state index in [0.29, 0.717) is 11.9 Å². The van der Waals surface area contributed by atoms with E-state index in [0.717, 1.165) is 51.1 Å². The minimum absolute atomic E-state index is 0.136. The van der Waals surface area contributed by atoms with Gasteiger partial charge in [-0.3, -0.25) is 0 Å². The van der Waals surface area contributed by atoms with Crippen LogP contribution in [0.4, 0.5) is 11.4 Å². The van der Waals surface area contributed by atoms with Crippen molar-refractivity contribution < 1.29 is 4.43 Å². The molecule has 1 aliphatic carbocycles. The Morgan fingerprint density at radius 2 is 2.03 bits per heavy atom. The van der Waals surface area contributed by atoms with Crippen LogP contribution in [-0.4, -0.2) is 29.8 Å². The highest BCUT2D eigenvalue weighted by Crippen LogP contribution is 2.41. The maximum atomic E-state index is 6.71. The summed E-state index contributed by atoms with van der Waals surface area (Å²) in [4.78, 5) is 4.92. The van der Waals surface area contributed by atoms with Crippen LogP contribution >= 0.6 is 15.9 Å². The monoisotopic (exact) mass is 583 g/mol. The number of aliphatic imine (C=N–C) groups is 1. The summed E-state index contributed by atoms with van der Waals surface area (Å²) in [6, 6.07) is 8.62. The summed E-state index contributed by atoms with van der Waals surface area (Å²) >= 11 is 3.61. The van der Waals surface area contributed by atoms with E-state index < -0.39 is 8.32 Å². The molecule has 1 saturated carbocycles. The quantitative estimate of drug-likeness (QED) is 0.167. The maximum Gasteiger partial charge on any atom is 0.250 e. The Bertz CT molecular complexity index is 1320. The number of hydrogen-bond acceptors (Lipinski definition) is 4. The first-order chi connectivity index (χ1) is 17.2. The Hall–Kier alpha value is -2.32. The van der Waals surface area contributed by atoms with Crippen molar-refractivity contribution in [2.45, 2.75) is 91.4 Å². The predicted molar refractivity (Wildman–Crippen MR) is 162 cm³/mol. The highest BCUT2D eigenvalue weighted by molar-refractivity contribution is 9.10. The lowest BCUT2D eigenvalue weighted by Crippen LogP contribution is -2.43. The zero-order valence-corrected chi connectivity index (χ0v) is 26.2. The second-order valence-electron chi connectivity index (χ2n) is 12.5. The van der Waals surface area contributed by atoms with Crippen LogP contribution < -0.4 is 15.5 Å². The van der Waals surface area contributed by atoms with Gasteiger partial charge in [-0.1, -0.05) is 48.0 Å². The van der Waals surface area contributed by atoms with E-state index in [1.54, 1.807) is 0 Å². The topological polar surface area (TPSA) is 76.9 Å². The Kier molecular flexibility index (Phi) is 7.56. The lowest BCUT2D eigenvalue weighted by atomic mass is 9.87. The minimum atomic E-state index is -1.93. The molecule has 1 atom stereocenters. The SMILES string of the molecule is CCc1cc(O[Si](C)(C)C(C)(C)C)ccc1N=C(N)c1cnn2cc(Br)cc2c1NC1CCCC1(C)C. The van der Waals surface area contributed by atoms with Gasteiger partial charge in [-0.25, -0.2) is 9.51 Å². The Labute approximate surface area is 231 Å². The molecule has 37 heavy (non-hydrogen) atoms. The molecular formula is C29H42BrN5OSi. The lowest BCUT2D eigenvalue weighted by molar-refractivity contribution is 0.350. The second-order valence-corrected chi connectivity index (χ2v) is 18.1. The molecule has 0 saturated heterocycles. The van der Waals surface area contributed by atoms with E-state index in [9.17, 15) is 0 Å². The summed E-state index contributed by atoms with van der Waals surface area (Å²) in [7, 11) is -1.93. The van der Waals surface area contributed by atoms with Crippen LogP contribution in [0.5, 0.6) is 5.75 Å². The second kappa shape index (κ2) is 10.1. The number of hydrogen-bond donors (Lipinski definition) is 2. The normalized spacial score (nSPS) is 18.4. The van der Waals surface area contributed by atoms with Gasteiger partial charge >= 0.3 is 0 Å². The van der Waals surface area contributed by atoms with Crippen molar-refractivity contribution in [1.29, 1.82) is 0 Å². The van der Waals surface area contributed by atoms with Gasteiger partial charge in [0.2, 0.25) is 8.32 Å². The van der Waals surface area contributed by atoms with Gasteiger partial charge in [-0.05, 0) is 88.6 Å². The Morgan fingerprint density at radius 1 is 1.30 bits per heavy atom. The number of halogens is 1. The molecule has 1 aliphatic rings. The fraction of sp³-hybridized carbons (Fsp3) is 0.517. The van der Waals surface area contributed by atoms with Crippen LogP contribution in [0, 0.1) is 5.41 Å². The third-order valence-corrected chi connectivity index (χ3v) is 13.1. The third kappa shape index (κ3) is 5.75. The molecule has 4 rings (SSSR count). The van der Waals surface area contributed by atoms with Gasteiger partial charge in [0, 0.05) is 16.7 Å². The molecule has 8 heteroatoms. The maximum absolute atomic E-state index is 6.71. The largest absolute Gasteiger partial charge is 0.543 e. The van der Waals surface area contributed by atoms with Crippen LogP contribution in [0.25, 0.3) is 5.52 Å². The summed E-state index contributed by atoms with van der Waals surface area (Å²) in [5.74, 6) is 1.37. The average molecular weight is 585 g/mol. The molecule has 1 fully saturated rings. The van der Waals surface area contributed by atoms with Crippen molar-refractivity contribution in [2.75, 3.05) is 5.32 Å².